The Hall–Kier alpha value is -3.27. The number of nitrogens with zero attached hydrogens (tertiary/aromatic N) is 4. The number of nitrogens with one attached hydrogen (secondary N) is 1. The number of aromatic nitrogens is 4. The topological polar surface area (TPSA) is 186 Å². The summed E-state index contributed by atoms with van der Waals surface area (Å²) >= 11 is 0. The van der Waals surface area contributed by atoms with Crippen LogP contribution in [0.2, 0.25) is 0 Å². The molecule has 2 aromatic heterocycles. The SMILES string of the molecule is CCNC(=O)[C@@H](OCn1cnc2c(N)nc(C#CCC3CCC(C(=O)O)CC3)nc21)C(O)CO. The lowest BCUT2D eigenvalue weighted by molar-refractivity contribution is -0.147. The molecule has 0 aliphatic heterocycles. The van der Waals surface area contributed by atoms with E-state index < -0.39 is 30.7 Å². The fourth-order valence-electron chi connectivity index (χ4n) is 3.90. The van der Waals surface area contributed by atoms with Crippen LogP contribution in [0.15, 0.2) is 6.33 Å². The van der Waals surface area contributed by atoms with Crippen molar-refractivity contribution in [3.8, 4) is 11.8 Å². The molecule has 1 unspecified atom stereocenters. The molecule has 0 radical (unpaired) electrons. The normalized spacial score (nSPS) is 19.7. The average Bonchev–Trinajstić information content (AvgIpc) is 3.23. The molecule has 1 saturated carbocycles. The van der Waals surface area contributed by atoms with Crippen molar-refractivity contribution >= 4 is 28.9 Å². The Morgan fingerprint density at radius 2 is 2.06 bits per heavy atom. The zero-order chi connectivity index (χ0) is 24.7. The summed E-state index contributed by atoms with van der Waals surface area (Å²) in [5, 5.41) is 30.8. The number of carboxylic acids is 1. The summed E-state index contributed by atoms with van der Waals surface area (Å²) in [6, 6.07) is 0. The molecule has 0 saturated heterocycles. The fraction of sp³-hybridized carbons (Fsp3) is 0.591. The number of nitrogen functional groups attached to an aromatic ring is 1. The summed E-state index contributed by atoms with van der Waals surface area (Å²) in [6.07, 6.45) is 2.34. The maximum absolute atomic E-state index is 12.1. The zero-order valence-electron chi connectivity index (χ0n) is 19.0. The van der Waals surface area contributed by atoms with Gasteiger partial charge < -0.3 is 31.1 Å². The predicted octanol–water partition coefficient (Wildman–Crippen LogP) is -0.127. The molecule has 3 rings (SSSR count). The number of anilines is 1. The largest absolute Gasteiger partial charge is 0.481 e. The molecule has 2 heterocycles. The van der Waals surface area contributed by atoms with Gasteiger partial charge in [-0.2, -0.15) is 0 Å². The van der Waals surface area contributed by atoms with Crippen LogP contribution < -0.4 is 11.1 Å². The van der Waals surface area contributed by atoms with Crippen LogP contribution in [0.1, 0.15) is 44.9 Å². The van der Waals surface area contributed by atoms with Gasteiger partial charge in [0.15, 0.2) is 17.6 Å². The van der Waals surface area contributed by atoms with Gasteiger partial charge in [0.05, 0.1) is 18.9 Å². The molecule has 1 fully saturated rings. The molecule has 1 aliphatic carbocycles. The molecule has 34 heavy (non-hydrogen) atoms. The third-order valence-corrected chi connectivity index (χ3v) is 5.82. The van der Waals surface area contributed by atoms with Crippen LogP contribution in [-0.4, -0.2) is 72.1 Å². The lowest BCUT2D eigenvalue weighted by atomic mass is 9.81. The van der Waals surface area contributed by atoms with Crippen LogP contribution >= 0.6 is 0 Å². The fourth-order valence-corrected chi connectivity index (χ4v) is 3.90. The van der Waals surface area contributed by atoms with Crippen LogP contribution in [-0.2, 0) is 21.1 Å². The van der Waals surface area contributed by atoms with E-state index in [1.807, 2.05) is 0 Å². The van der Waals surface area contributed by atoms with E-state index in [1.54, 1.807) is 6.92 Å². The minimum atomic E-state index is -1.40. The molecule has 1 aliphatic rings. The van der Waals surface area contributed by atoms with Crippen molar-refractivity contribution in [1.29, 1.82) is 0 Å². The smallest absolute Gasteiger partial charge is 0.306 e. The number of carbonyl (C=O) groups excluding carboxylic acids is 1. The highest BCUT2D eigenvalue weighted by Gasteiger charge is 2.27. The molecule has 12 heteroatoms. The summed E-state index contributed by atoms with van der Waals surface area (Å²) in [4.78, 5) is 36.0. The van der Waals surface area contributed by atoms with E-state index in [2.05, 4.69) is 32.1 Å². The van der Waals surface area contributed by atoms with E-state index in [-0.39, 0.29) is 24.3 Å². The first-order valence-corrected chi connectivity index (χ1v) is 11.2. The van der Waals surface area contributed by atoms with Gasteiger partial charge in [-0.05, 0) is 44.4 Å². The summed E-state index contributed by atoms with van der Waals surface area (Å²) < 4.78 is 7.05. The molecule has 0 spiro atoms. The van der Waals surface area contributed by atoms with Crippen molar-refractivity contribution in [1.82, 2.24) is 24.8 Å². The molecule has 184 valence electrons. The van der Waals surface area contributed by atoms with Crippen LogP contribution in [0.4, 0.5) is 5.82 Å². The average molecular weight is 475 g/mol. The predicted molar refractivity (Wildman–Crippen MR) is 121 cm³/mol. The first kappa shape index (κ1) is 25.4. The minimum Gasteiger partial charge on any atom is -0.481 e. The van der Waals surface area contributed by atoms with E-state index in [9.17, 15) is 19.8 Å². The first-order valence-electron chi connectivity index (χ1n) is 11.2. The molecular weight excluding hydrogens is 444 g/mol. The molecule has 2 atom stereocenters. The second-order valence-electron chi connectivity index (χ2n) is 8.24. The van der Waals surface area contributed by atoms with E-state index in [0.717, 1.165) is 12.8 Å². The molecule has 0 bridgehead atoms. The van der Waals surface area contributed by atoms with E-state index in [4.69, 9.17) is 15.6 Å². The van der Waals surface area contributed by atoms with Crippen LogP contribution in [0.25, 0.3) is 11.2 Å². The number of likely N-dealkylation sites (N-methyl/N-ethyl adjacent to an activating group) is 1. The van der Waals surface area contributed by atoms with Gasteiger partial charge >= 0.3 is 5.97 Å². The quantitative estimate of drug-likeness (QED) is 0.307. The van der Waals surface area contributed by atoms with E-state index >= 15 is 0 Å². The number of aliphatic hydroxyl groups is 2. The van der Waals surface area contributed by atoms with Gasteiger partial charge in [-0.1, -0.05) is 5.92 Å². The zero-order valence-corrected chi connectivity index (χ0v) is 19.0. The highest BCUT2D eigenvalue weighted by atomic mass is 16.5. The number of aliphatic hydroxyl groups excluding tert-OH is 2. The third kappa shape index (κ3) is 6.19. The summed E-state index contributed by atoms with van der Waals surface area (Å²) in [5.74, 6) is 5.14. The van der Waals surface area contributed by atoms with Crippen molar-refractivity contribution in [2.24, 2.45) is 11.8 Å². The summed E-state index contributed by atoms with van der Waals surface area (Å²) in [6.45, 7) is 1.26. The van der Waals surface area contributed by atoms with Gasteiger partial charge in [0.25, 0.3) is 5.91 Å². The molecular formula is C22H30N6O6. The van der Waals surface area contributed by atoms with Crippen molar-refractivity contribution in [2.75, 3.05) is 18.9 Å². The lowest BCUT2D eigenvalue weighted by Crippen LogP contribution is -2.45. The number of ether oxygens (including phenoxy) is 1. The second-order valence-corrected chi connectivity index (χ2v) is 8.24. The molecule has 1 amide bonds. The molecule has 0 aromatic carbocycles. The molecule has 2 aromatic rings. The number of nitrogens with two attached hydrogens (primary N) is 1. The molecule has 12 nitrogen and oxygen atoms in total. The van der Waals surface area contributed by atoms with Crippen molar-refractivity contribution < 1.29 is 29.6 Å². The maximum atomic E-state index is 12.1. The van der Waals surface area contributed by atoms with Gasteiger partial charge in [0.1, 0.15) is 18.4 Å². The van der Waals surface area contributed by atoms with Crippen molar-refractivity contribution in [2.45, 2.75) is 58.0 Å². The van der Waals surface area contributed by atoms with E-state index in [0.29, 0.717) is 42.9 Å². The number of carbonyl (C=O) groups is 2. The highest BCUT2D eigenvalue weighted by molar-refractivity contribution is 5.82. The van der Waals surface area contributed by atoms with E-state index in [1.165, 1.54) is 10.9 Å². The standard InChI is InChI=1S/C22H30N6O6/c1-2-24-21(31)18(15(30)10-29)34-12-28-11-25-17-19(23)26-16(27-20(17)28)5-3-4-13-6-8-14(9-7-13)22(32)33/h11,13-15,18,29-30H,2,4,6-10,12H2,1H3,(H,24,31)(H,32,33)(H2,23,26,27)/t13?,14?,15?,18-/m0/s1. The Labute approximate surface area is 196 Å². The van der Waals surface area contributed by atoms with Crippen LogP contribution in [0, 0.1) is 23.7 Å². The van der Waals surface area contributed by atoms with Gasteiger partial charge in [0.2, 0.25) is 5.82 Å². The summed E-state index contributed by atoms with van der Waals surface area (Å²) in [5.41, 5.74) is 6.71. The van der Waals surface area contributed by atoms with Crippen molar-refractivity contribution in [3.05, 3.63) is 12.2 Å². The number of rotatable bonds is 9. The number of aliphatic carboxylic acids is 1. The van der Waals surface area contributed by atoms with Crippen LogP contribution in [0.5, 0.6) is 0 Å². The van der Waals surface area contributed by atoms with Crippen molar-refractivity contribution in [3.63, 3.8) is 0 Å². The Bertz CT molecular complexity index is 1070. The number of hydrogen-bond donors (Lipinski definition) is 5. The number of carboxylic acid groups (broad SMARTS) is 1. The first-order chi connectivity index (χ1) is 16.3. The lowest BCUT2D eigenvalue weighted by Gasteiger charge is -2.24. The number of fused-ring (bicyclic) bond motifs is 1. The van der Waals surface area contributed by atoms with Gasteiger partial charge in [-0.15, -0.1) is 0 Å². The Morgan fingerprint density at radius 1 is 1.32 bits per heavy atom. The summed E-state index contributed by atoms with van der Waals surface area (Å²) in [7, 11) is 0. The van der Waals surface area contributed by atoms with Gasteiger partial charge in [-0.3, -0.25) is 14.2 Å². The maximum Gasteiger partial charge on any atom is 0.306 e. The molecule has 6 N–H and O–H groups in total. The Morgan fingerprint density at radius 3 is 2.71 bits per heavy atom. The second kappa shape index (κ2) is 11.7. The number of amides is 1. The highest BCUT2D eigenvalue weighted by Crippen LogP contribution is 2.30. The number of imidazole rings is 1. The minimum absolute atomic E-state index is 0.144. The monoisotopic (exact) mass is 474 g/mol. The van der Waals surface area contributed by atoms with Crippen LogP contribution in [0.3, 0.4) is 0 Å². The van der Waals surface area contributed by atoms with Gasteiger partial charge in [0, 0.05) is 13.0 Å². The third-order valence-electron chi connectivity index (χ3n) is 5.82. The van der Waals surface area contributed by atoms with Gasteiger partial charge in [-0.25, -0.2) is 15.0 Å². The Balaban J connectivity index is 1.70. The number of hydrogen-bond acceptors (Lipinski definition) is 9. The Kier molecular flexibility index (Phi) is 8.75.